The lowest BCUT2D eigenvalue weighted by molar-refractivity contribution is 0.248. The Kier molecular flexibility index (Phi) is 4.48. The van der Waals surface area contributed by atoms with Crippen molar-refractivity contribution in [1.29, 1.82) is 0 Å². The number of aromatic nitrogens is 1. The quantitative estimate of drug-likeness (QED) is 0.595. The highest BCUT2D eigenvalue weighted by molar-refractivity contribution is 7.71. The molecule has 0 bridgehead atoms. The van der Waals surface area contributed by atoms with E-state index >= 15 is 0 Å². The lowest BCUT2D eigenvalue weighted by Gasteiger charge is -2.08. The van der Waals surface area contributed by atoms with E-state index in [1.165, 1.54) is 0 Å². The van der Waals surface area contributed by atoms with E-state index in [-0.39, 0.29) is 0 Å². The average molecular weight is 329 g/mol. The molecule has 23 heavy (non-hydrogen) atoms. The topological polar surface area (TPSA) is 48.4 Å². The first-order chi connectivity index (χ1) is 11.1. The minimum atomic E-state index is 0.341. The molecule has 4 nitrogen and oxygen atoms in total. The summed E-state index contributed by atoms with van der Waals surface area (Å²) in [5.74, 6) is 1.43. The molecule has 0 saturated heterocycles. The Morgan fingerprint density at radius 2 is 2.00 bits per heavy atom. The van der Waals surface area contributed by atoms with Crippen LogP contribution in [0.1, 0.15) is 35.9 Å². The Hall–Kier alpha value is -2.14. The number of rotatable bonds is 5. The second-order valence-electron chi connectivity index (χ2n) is 5.62. The van der Waals surface area contributed by atoms with Crippen LogP contribution in [0.25, 0.3) is 11.0 Å². The van der Waals surface area contributed by atoms with Gasteiger partial charge in [0.1, 0.15) is 17.9 Å². The van der Waals surface area contributed by atoms with Crippen LogP contribution in [0.15, 0.2) is 33.2 Å². The van der Waals surface area contributed by atoms with Gasteiger partial charge in [0.25, 0.3) is 0 Å². The number of fused-ring (bicyclic) bond motifs is 1. The van der Waals surface area contributed by atoms with Gasteiger partial charge in [-0.15, -0.1) is 0 Å². The van der Waals surface area contributed by atoms with Crippen molar-refractivity contribution in [2.45, 2.75) is 40.2 Å². The monoisotopic (exact) mass is 329 g/mol. The summed E-state index contributed by atoms with van der Waals surface area (Å²) in [6, 6.07) is 7.72. The molecule has 0 aliphatic rings. The molecule has 0 aliphatic heterocycles. The zero-order valence-electron chi connectivity index (χ0n) is 13.5. The first-order valence-corrected chi connectivity index (χ1v) is 8.10. The molecule has 2 aromatic heterocycles. The molecule has 5 heteroatoms. The summed E-state index contributed by atoms with van der Waals surface area (Å²) in [5.41, 5.74) is 3.84. The number of benzene rings is 1. The van der Waals surface area contributed by atoms with E-state index in [4.69, 9.17) is 25.9 Å². The van der Waals surface area contributed by atoms with Crippen LogP contribution in [-0.2, 0) is 13.0 Å². The molecule has 0 spiro atoms. The molecule has 0 unspecified atom stereocenters. The smallest absolute Gasteiger partial charge is 0.193 e. The minimum Gasteiger partial charge on any atom is -0.485 e. The minimum absolute atomic E-state index is 0.341. The number of nitrogens with zero attached hydrogens (tertiary/aromatic N) is 1. The van der Waals surface area contributed by atoms with Gasteiger partial charge in [-0.3, -0.25) is 0 Å². The first-order valence-electron chi connectivity index (χ1n) is 7.70. The zero-order chi connectivity index (χ0) is 16.4. The lowest BCUT2D eigenvalue weighted by Crippen LogP contribution is -1.94. The molecule has 0 amide bonds. The van der Waals surface area contributed by atoms with Crippen molar-refractivity contribution in [1.82, 2.24) is 5.16 Å². The Morgan fingerprint density at radius 1 is 1.17 bits per heavy atom. The normalized spacial score (nSPS) is 11.1. The third-order valence-corrected chi connectivity index (χ3v) is 4.31. The number of ether oxygens (including phenoxy) is 1. The first kappa shape index (κ1) is 15.7. The van der Waals surface area contributed by atoms with E-state index in [9.17, 15) is 0 Å². The highest BCUT2D eigenvalue weighted by atomic mass is 32.1. The summed E-state index contributed by atoms with van der Waals surface area (Å²) >= 11 is 5.25. The van der Waals surface area contributed by atoms with Crippen molar-refractivity contribution in [2.75, 3.05) is 0 Å². The van der Waals surface area contributed by atoms with Gasteiger partial charge in [-0.1, -0.05) is 18.5 Å². The molecule has 3 aromatic rings. The standard InChI is InChI=1S/C18H19NO3S/c1-4-5-13-8-15(22-19-13)10-20-14-6-7-16-11(2)12(3)18(23)21-17(16)9-14/h6-9H,4-5,10H2,1-3H3. The fourth-order valence-corrected chi connectivity index (χ4v) is 2.71. The number of hydrogen-bond acceptors (Lipinski definition) is 5. The van der Waals surface area contributed by atoms with E-state index in [1.54, 1.807) is 0 Å². The molecule has 0 saturated carbocycles. The summed E-state index contributed by atoms with van der Waals surface area (Å²) in [6.45, 7) is 6.48. The molecule has 0 atom stereocenters. The van der Waals surface area contributed by atoms with Gasteiger partial charge in [0.2, 0.25) is 0 Å². The van der Waals surface area contributed by atoms with Gasteiger partial charge < -0.3 is 13.7 Å². The average Bonchev–Trinajstić information content (AvgIpc) is 2.98. The van der Waals surface area contributed by atoms with Crippen LogP contribution in [0.4, 0.5) is 0 Å². The third-order valence-electron chi connectivity index (χ3n) is 3.92. The van der Waals surface area contributed by atoms with E-state index < -0.39 is 0 Å². The summed E-state index contributed by atoms with van der Waals surface area (Å²) in [4.78, 5) is 0. The molecule has 3 rings (SSSR count). The van der Waals surface area contributed by atoms with Gasteiger partial charge in [-0.05, 0) is 50.2 Å². The van der Waals surface area contributed by atoms with Crippen molar-refractivity contribution in [3.8, 4) is 5.75 Å². The van der Waals surface area contributed by atoms with Crippen molar-refractivity contribution in [3.63, 3.8) is 0 Å². The van der Waals surface area contributed by atoms with Crippen LogP contribution in [-0.4, -0.2) is 5.16 Å². The Labute approximate surface area is 140 Å². The predicted molar refractivity (Wildman–Crippen MR) is 91.4 cm³/mol. The van der Waals surface area contributed by atoms with Gasteiger partial charge in [0.05, 0.1) is 5.69 Å². The highest BCUT2D eigenvalue weighted by Gasteiger charge is 2.08. The highest BCUT2D eigenvalue weighted by Crippen LogP contribution is 2.27. The molecule has 0 aliphatic carbocycles. The molecule has 1 aromatic carbocycles. The number of aryl methyl sites for hydroxylation is 2. The van der Waals surface area contributed by atoms with E-state index in [0.29, 0.717) is 17.1 Å². The van der Waals surface area contributed by atoms with E-state index in [0.717, 1.165) is 46.4 Å². The molecule has 120 valence electrons. The van der Waals surface area contributed by atoms with Crippen LogP contribution in [0.3, 0.4) is 0 Å². The second-order valence-corrected chi connectivity index (χ2v) is 5.99. The molecular formula is C18H19NO3S. The second kappa shape index (κ2) is 6.54. The molecule has 0 fully saturated rings. The molecular weight excluding hydrogens is 310 g/mol. The van der Waals surface area contributed by atoms with Crippen LogP contribution in [0.2, 0.25) is 0 Å². The maximum Gasteiger partial charge on any atom is 0.193 e. The van der Waals surface area contributed by atoms with Crippen molar-refractivity contribution in [2.24, 2.45) is 0 Å². The summed E-state index contributed by atoms with van der Waals surface area (Å²) in [7, 11) is 0. The summed E-state index contributed by atoms with van der Waals surface area (Å²) in [5, 5.41) is 5.06. The van der Waals surface area contributed by atoms with Crippen LogP contribution >= 0.6 is 12.2 Å². The van der Waals surface area contributed by atoms with Gasteiger partial charge in [-0.2, -0.15) is 0 Å². The summed E-state index contributed by atoms with van der Waals surface area (Å²) in [6.07, 6.45) is 1.96. The van der Waals surface area contributed by atoms with Gasteiger partial charge in [0.15, 0.2) is 10.5 Å². The van der Waals surface area contributed by atoms with Crippen molar-refractivity contribution in [3.05, 3.63) is 51.6 Å². The van der Waals surface area contributed by atoms with Gasteiger partial charge in [0, 0.05) is 23.1 Å². The Balaban J connectivity index is 1.80. The van der Waals surface area contributed by atoms with Crippen LogP contribution in [0.5, 0.6) is 5.75 Å². The van der Waals surface area contributed by atoms with Crippen LogP contribution in [0, 0.1) is 18.6 Å². The van der Waals surface area contributed by atoms with Crippen molar-refractivity contribution < 1.29 is 13.7 Å². The Morgan fingerprint density at radius 3 is 2.78 bits per heavy atom. The predicted octanol–water partition coefficient (Wildman–Crippen LogP) is 5.30. The van der Waals surface area contributed by atoms with Crippen LogP contribution < -0.4 is 4.74 Å². The lowest BCUT2D eigenvalue weighted by atomic mass is 10.1. The summed E-state index contributed by atoms with van der Waals surface area (Å²) < 4.78 is 17.3. The largest absolute Gasteiger partial charge is 0.485 e. The maximum atomic E-state index is 5.77. The molecule has 0 N–H and O–H groups in total. The van der Waals surface area contributed by atoms with Gasteiger partial charge in [-0.25, -0.2) is 0 Å². The molecule has 2 heterocycles. The van der Waals surface area contributed by atoms with E-state index in [1.807, 2.05) is 38.1 Å². The fourth-order valence-electron chi connectivity index (χ4n) is 2.47. The maximum absolute atomic E-state index is 5.77. The SMILES string of the molecule is CCCc1cc(COc2ccc3c(C)c(C)c(=S)oc3c2)on1. The fraction of sp³-hybridized carbons (Fsp3) is 0.333. The zero-order valence-corrected chi connectivity index (χ0v) is 14.3. The van der Waals surface area contributed by atoms with Crippen molar-refractivity contribution >= 4 is 23.2 Å². The Bertz CT molecular complexity index is 895. The molecule has 0 radical (unpaired) electrons. The third kappa shape index (κ3) is 3.29. The number of hydrogen-bond donors (Lipinski definition) is 0. The van der Waals surface area contributed by atoms with E-state index in [2.05, 4.69) is 12.1 Å². The van der Waals surface area contributed by atoms with Gasteiger partial charge >= 0.3 is 0 Å².